The molecule has 0 saturated carbocycles. The topological polar surface area (TPSA) is 63.3 Å². The minimum atomic E-state index is -0.788. The molecule has 19 heavy (non-hydrogen) atoms. The molecule has 1 aromatic rings. The van der Waals surface area contributed by atoms with Gasteiger partial charge in [-0.1, -0.05) is 37.1 Å². The molecule has 0 aliphatic rings. The van der Waals surface area contributed by atoms with Crippen molar-refractivity contribution in [3.8, 4) is 0 Å². The maximum absolute atomic E-state index is 11.0. The number of benzene rings is 1. The van der Waals surface area contributed by atoms with Crippen LogP contribution in [0.3, 0.4) is 0 Å². The van der Waals surface area contributed by atoms with Gasteiger partial charge >= 0.3 is 5.97 Å². The van der Waals surface area contributed by atoms with Crippen molar-refractivity contribution in [1.29, 1.82) is 0 Å². The van der Waals surface area contributed by atoms with Gasteiger partial charge in [0.25, 0.3) is 0 Å². The summed E-state index contributed by atoms with van der Waals surface area (Å²) < 4.78 is 0. The van der Waals surface area contributed by atoms with Gasteiger partial charge in [0.1, 0.15) is 0 Å². The first-order chi connectivity index (χ1) is 9.06. The van der Waals surface area contributed by atoms with E-state index in [9.17, 15) is 4.79 Å². The van der Waals surface area contributed by atoms with E-state index in [1.165, 1.54) is 5.56 Å². The Bertz CT molecular complexity index is 409. The second-order valence-electron chi connectivity index (χ2n) is 4.95. The minimum absolute atomic E-state index is 0.211. The lowest BCUT2D eigenvalue weighted by molar-refractivity contribution is -0.142. The third-order valence-electron chi connectivity index (χ3n) is 3.56. The molecule has 0 aliphatic carbocycles. The van der Waals surface area contributed by atoms with Crippen LogP contribution in [0.1, 0.15) is 31.7 Å². The number of nitrogens with two attached hydrogens (primary N) is 1. The fourth-order valence-electron chi connectivity index (χ4n) is 2.25. The lowest BCUT2D eigenvalue weighted by atomic mass is 9.88. The van der Waals surface area contributed by atoms with E-state index in [0.29, 0.717) is 12.3 Å². The molecule has 0 bridgehead atoms. The largest absolute Gasteiger partial charge is 0.481 e. The Hall–Kier alpha value is -1.06. The van der Waals surface area contributed by atoms with Crippen molar-refractivity contribution in [2.24, 2.45) is 17.6 Å². The molecule has 0 radical (unpaired) electrons. The smallest absolute Gasteiger partial charge is 0.307 e. The van der Waals surface area contributed by atoms with Crippen LogP contribution in [-0.4, -0.2) is 17.6 Å². The van der Waals surface area contributed by atoms with Crippen molar-refractivity contribution in [2.75, 3.05) is 6.54 Å². The summed E-state index contributed by atoms with van der Waals surface area (Å²) in [5, 5.41) is 9.79. The fourth-order valence-corrected chi connectivity index (χ4v) is 2.47. The predicted molar refractivity (Wildman–Crippen MR) is 78.4 cm³/mol. The summed E-state index contributed by atoms with van der Waals surface area (Å²) in [5.74, 6) is -0.823. The SMILES string of the molecule is CCC(CCc1cccc(Cl)c1)CC(CN)C(=O)O. The maximum atomic E-state index is 11.0. The van der Waals surface area contributed by atoms with Crippen molar-refractivity contribution in [1.82, 2.24) is 0 Å². The van der Waals surface area contributed by atoms with E-state index in [0.717, 1.165) is 24.3 Å². The van der Waals surface area contributed by atoms with E-state index in [4.69, 9.17) is 22.4 Å². The van der Waals surface area contributed by atoms with Crippen LogP contribution in [0.4, 0.5) is 0 Å². The molecule has 3 nitrogen and oxygen atoms in total. The number of hydrogen-bond acceptors (Lipinski definition) is 2. The van der Waals surface area contributed by atoms with Crippen molar-refractivity contribution < 1.29 is 9.90 Å². The third-order valence-corrected chi connectivity index (χ3v) is 3.79. The van der Waals surface area contributed by atoms with Crippen molar-refractivity contribution in [3.63, 3.8) is 0 Å². The van der Waals surface area contributed by atoms with E-state index >= 15 is 0 Å². The summed E-state index contributed by atoms with van der Waals surface area (Å²) in [7, 11) is 0. The maximum Gasteiger partial charge on any atom is 0.307 e. The average Bonchev–Trinajstić information content (AvgIpc) is 2.39. The molecule has 0 heterocycles. The number of halogens is 1. The molecule has 4 heteroatoms. The molecule has 2 unspecified atom stereocenters. The van der Waals surface area contributed by atoms with E-state index in [1.54, 1.807) is 0 Å². The standard InChI is InChI=1S/C15H22ClNO2/c1-2-11(8-13(10-17)15(18)19)6-7-12-4-3-5-14(16)9-12/h3-5,9,11,13H,2,6-8,10,17H2,1H3,(H,18,19). The molecule has 0 aromatic heterocycles. The summed E-state index contributed by atoms with van der Waals surface area (Å²) in [4.78, 5) is 11.0. The highest BCUT2D eigenvalue weighted by Gasteiger charge is 2.20. The molecule has 1 rings (SSSR count). The summed E-state index contributed by atoms with van der Waals surface area (Å²) in [6.45, 7) is 2.31. The van der Waals surface area contributed by atoms with Crippen LogP contribution in [0.25, 0.3) is 0 Å². The molecule has 0 aliphatic heterocycles. The van der Waals surface area contributed by atoms with E-state index in [2.05, 4.69) is 13.0 Å². The Labute approximate surface area is 119 Å². The monoisotopic (exact) mass is 283 g/mol. The van der Waals surface area contributed by atoms with Gasteiger partial charge in [-0.15, -0.1) is 0 Å². The third kappa shape index (κ3) is 5.62. The Kier molecular flexibility index (Phi) is 6.89. The highest BCUT2D eigenvalue weighted by Crippen LogP contribution is 2.22. The Morgan fingerprint density at radius 2 is 2.21 bits per heavy atom. The zero-order chi connectivity index (χ0) is 14.3. The number of carbonyl (C=O) groups is 1. The molecular weight excluding hydrogens is 262 g/mol. The molecule has 3 N–H and O–H groups in total. The van der Waals surface area contributed by atoms with Gasteiger partial charge in [-0.05, 0) is 42.9 Å². The predicted octanol–water partition coefficient (Wildman–Crippen LogP) is 3.35. The van der Waals surface area contributed by atoms with Gasteiger partial charge in [0.2, 0.25) is 0 Å². The average molecular weight is 284 g/mol. The molecule has 0 spiro atoms. The number of hydrogen-bond donors (Lipinski definition) is 2. The molecule has 0 fully saturated rings. The Balaban J connectivity index is 2.50. The van der Waals surface area contributed by atoms with Crippen LogP contribution in [0.15, 0.2) is 24.3 Å². The first-order valence-electron chi connectivity index (χ1n) is 6.74. The Morgan fingerprint density at radius 1 is 1.47 bits per heavy atom. The van der Waals surface area contributed by atoms with Crippen LogP contribution in [0.5, 0.6) is 0 Å². The van der Waals surface area contributed by atoms with E-state index in [-0.39, 0.29) is 6.54 Å². The number of aryl methyl sites for hydroxylation is 1. The quantitative estimate of drug-likeness (QED) is 0.769. The van der Waals surface area contributed by atoms with E-state index in [1.807, 2.05) is 18.2 Å². The number of rotatable bonds is 8. The first-order valence-corrected chi connectivity index (χ1v) is 7.11. The molecule has 0 saturated heterocycles. The van der Waals surface area contributed by atoms with Crippen LogP contribution in [-0.2, 0) is 11.2 Å². The zero-order valence-electron chi connectivity index (χ0n) is 11.3. The van der Waals surface area contributed by atoms with Crippen molar-refractivity contribution in [3.05, 3.63) is 34.9 Å². The first kappa shape index (κ1) is 16.0. The number of carboxylic acid groups (broad SMARTS) is 1. The summed E-state index contributed by atoms with van der Waals surface area (Å²) in [6.07, 6.45) is 3.53. The van der Waals surface area contributed by atoms with Crippen LogP contribution < -0.4 is 5.73 Å². The van der Waals surface area contributed by atoms with Crippen molar-refractivity contribution in [2.45, 2.75) is 32.6 Å². The summed E-state index contributed by atoms with van der Waals surface area (Å²) >= 11 is 5.95. The number of aliphatic carboxylic acids is 1. The van der Waals surface area contributed by atoms with Gasteiger partial charge in [-0.25, -0.2) is 0 Å². The summed E-state index contributed by atoms with van der Waals surface area (Å²) in [6, 6.07) is 7.82. The second kappa shape index (κ2) is 8.18. The second-order valence-corrected chi connectivity index (χ2v) is 5.39. The van der Waals surface area contributed by atoms with Crippen molar-refractivity contribution >= 4 is 17.6 Å². The van der Waals surface area contributed by atoms with Crippen LogP contribution in [0.2, 0.25) is 5.02 Å². The molecule has 106 valence electrons. The fraction of sp³-hybridized carbons (Fsp3) is 0.533. The highest BCUT2D eigenvalue weighted by atomic mass is 35.5. The van der Waals surface area contributed by atoms with Gasteiger partial charge in [0.15, 0.2) is 0 Å². The minimum Gasteiger partial charge on any atom is -0.481 e. The van der Waals surface area contributed by atoms with E-state index < -0.39 is 11.9 Å². The van der Waals surface area contributed by atoms with Gasteiger partial charge in [-0.3, -0.25) is 4.79 Å². The molecular formula is C15H22ClNO2. The van der Waals surface area contributed by atoms with Gasteiger partial charge < -0.3 is 10.8 Å². The normalized spacial score (nSPS) is 14.1. The van der Waals surface area contributed by atoms with Crippen LogP contribution in [0, 0.1) is 11.8 Å². The molecule has 1 aromatic carbocycles. The summed E-state index contributed by atoms with van der Waals surface area (Å²) in [5.41, 5.74) is 6.71. The highest BCUT2D eigenvalue weighted by molar-refractivity contribution is 6.30. The van der Waals surface area contributed by atoms with Gasteiger partial charge in [-0.2, -0.15) is 0 Å². The van der Waals surface area contributed by atoms with Gasteiger partial charge in [0.05, 0.1) is 5.92 Å². The van der Waals surface area contributed by atoms with Gasteiger partial charge in [0, 0.05) is 11.6 Å². The Morgan fingerprint density at radius 3 is 2.74 bits per heavy atom. The van der Waals surface area contributed by atoms with Crippen LogP contribution >= 0.6 is 11.6 Å². The molecule has 0 amide bonds. The zero-order valence-corrected chi connectivity index (χ0v) is 12.1. The molecule has 2 atom stereocenters. The lowest BCUT2D eigenvalue weighted by Crippen LogP contribution is -2.25. The number of carboxylic acids is 1. The lowest BCUT2D eigenvalue weighted by Gasteiger charge is -2.18.